The van der Waals surface area contributed by atoms with Crippen molar-refractivity contribution in [3.63, 3.8) is 0 Å². The molecule has 0 saturated carbocycles. The summed E-state index contributed by atoms with van der Waals surface area (Å²) in [4.78, 5) is 13.6. The van der Waals surface area contributed by atoms with Crippen molar-refractivity contribution >= 4 is 35.0 Å². The second-order valence-corrected chi connectivity index (χ2v) is 10.1. The van der Waals surface area contributed by atoms with Crippen molar-refractivity contribution in [3.8, 4) is 0 Å². The zero-order valence-electron chi connectivity index (χ0n) is 22.0. The van der Waals surface area contributed by atoms with Gasteiger partial charge in [0.2, 0.25) is 0 Å². The third-order valence-electron chi connectivity index (χ3n) is 7.51. The van der Waals surface area contributed by atoms with E-state index >= 15 is 0 Å². The average molecular weight is 506 g/mol. The summed E-state index contributed by atoms with van der Waals surface area (Å²) in [5.74, 6) is 0. The molecule has 1 aliphatic rings. The van der Waals surface area contributed by atoms with E-state index in [0.29, 0.717) is 5.56 Å². The molecule has 0 atom stereocenters. The first-order chi connectivity index (χ1) is 19.3. The minimum absolute atomic E-state index is 0.680. The molecule has 6 rings (SSSR count). The fraction of sp³-hybridized carbons (Fsp3) is 0.108. The summed E-state index contributed by atoms with van der Waals surface area (Å²) in [5.41, 5.74) is 11.6. The Morgan fingerprint density at radius 3 is 1.62 bits per heavy atom. The van der Waals surface area contributed by atoms with Crippen molar-refractivity contribution in [3.05, 3.63) is 161 Å². The fourth-order valence-corrected chi connectivity index (χ4v) is 5.46. The van der Waals surface area contributed by atoms with Crippen LogP contribution in [0.15, 0.2) is 127 Å². The second kappa shape index (κ2) is 11.4. The number of hydrogen-bond acceptors (Lipinski definition) is 2. The Bertz CT molecular complexity index is 1540. The van der Waals surface area contributed by atoms with E-state index in [1.165, 1.54) is 40.7 Å². The summed E-state index contributed by atoms with van der Waals surface area (Å²) in [6.07, 6.45) is 7.97. The number of fused-ring (bicyclic) bond motifs is 1. The number of nitrogens with zero attached hydrogens (tertiary/aromatic N) is 1. The normalized spacial score (nSPS) is 12.3. The Morgan fingerprint density at radius 1 is 0.538 bits per heavy atom. The zero-order valence-corrected chi connectivity index (χ0v) is 22.0. The number of aryl methyl sites for hydroxylation is 2. The molecule has 39 heavy (non-hydrogen) atoms. The van der Waals surface area contributed by atoms with Crippen molar-refractivity contribution in [1.29, 1.82) is 0 Å². The maximum Gasteiger partial charge on any atom is 0.150 e. The highest BCUT2D eigenvalue weighted by Crippen LogP contribution is 2.37. The molecule has 0 bridgehead atoms. The number of rotatable bonds is 7. The molecule has 0 aliphatic heterocycles. The van der Waals surface area contributed by atoms with Gasteiger partial charge in [0.05, 0.1) is 0 Å². The quantitative estimate of drug-likeness (QED) is 0.162. The highest BCUT2D eigenvalue weighted by atomic mass is 16.1. The molecule has 1 aliphatic carbocycles. The van der Waals surface area contributed by atoms with Crippen LogP contribution >= 0.6 is 0 Å². The van der Waals surface area contributed by atoms with E-state index in [1.807, 2.05) is 24.3 Å². The van der Waals surface area contributed by atoms with Gasteiger partial charge < -0.3 is 4.90 Å². The van der Waals surface area contributed by atoms with Gasteiger partial charge in [-0.05, 0) is 114 Å². The molecule has 0 heterocycles. The van der Waals surface area contributed by atoms with Gasteiger partial charge in [0.25, 0.3) is 0 Å². The maximum absolute atomic E-state index is 11.3. The number of aldehydes is 1. The van der Waals surface area contributed by atoms with Crippen molar-refractivity contribution in [1.82, 2.24) is 0 Å². The second-order valence-electron chi connectivity index (χ2n) is 10.1. The van der Waals surface area contributed by atoms with E-state index in [2.05, 4.69) is 114 Å². The highest BCUT2D eigenvalue weighted by molar-refractivity contribution is 5.91. The molecule has 0 fully saturated rings. The monoisotopic (exact) mass is 505 g/mol. The van der Waals surface area contributed by atoms with Gasteiger partial charge in [-0.15, -0.1) is 0 Å². The van der Waals surface area contributed by atoms with Crippen LogP contribution in [0.3, 0.4) is 0 Å². The largest absolute Gasteiger partial charge is 0.310 e. The Balaban J connectivity index is 1.40. The van der Waals surface area contributed by atoms with E-state index < -0.39 is 0 Å². The summed E-state index contributed by atoms with van der Waals surface area (Å²) in [7, 11) is 0. The van der Waals surface area contributed by atoms with Crippen LogP contribution in [-0.2, 0) is 12.8 Å². The number of benzene rings is 5. The summed E-state index contributed by atoms with van der Waals surface area (Å²) in [6, 6.07) is 44.5. The van der Waals surface area contributed by atoms with E-state index in [1.54, 1.807) is 0 Å². The molecular formula is C37H31NO. The Morgan fingerprint density at radius 2 is 1.05 bits per heavy atom. The van der Waals surface area contributed by atoms with Crippen LogP contribution < -0.4 is 4.90 Å². The maximum atomic E-state index is 11.3. The zero-order chi connectivity index (χ0) is 26.4. The number of carbonyl (C=O) groups excluding carboxylic acids is 1. The molecule has 2 heteroatoms. The minimum Gasteiger partial charge on any atom is -0.310 e. The fourth-order valence-electron chi connectivity index (χ4n) is 5.46. The molecule has 0 spiro atoms. The van der Waals surface area contributed by atoms with Crippen LogP contribution in [0.25, 0.3) is 11.6 Å². The Hall–Kier alpha value is -4.69. The lowest BCUT2D eigenvalue weighted by atomic mass is 9.91. The van der Waals surface area contributed by atoms with Gasteiger partial charge in [-0.25, -0.2) is 0 Å². The van der Waals surface area contributed by atoms with Crippen LogP contribution in [-0.4, -0.2) is 6.29 Å². The van der Waals surface area contributed by atoms with E-state index in [9.17, 15) is 4.79 Å². The molecule has 5 aromatic carbocycles. The molecular weight excluding hydrogens is 474 g/mol. The highest BCUT2D eigenvalue weighted by Gasteiger charge is 2.16. The molecule has 0 aromatic heterocycles. The lowest BCUT2D eigenvalue weighted by Gasteiger charge is -2.27. The average Bonchev–Trinajstić information content (AvgIpc) is 3.02. The van der Waals surface area contributed by atoms with Gasteiger partial charge in [-0.3, -0.25) is 4.79 Å². The van der Waals surface area contributed by atoms with E-state index in [-0.39, 0.29) is 0 Å². The SMILES string of the molecule is O=Cc1ccc(N(c2ccc(C=C(c3ccccc3)c3ccccc3)cc2)c2ccc3c(c2)CCCC3)cc1. The van der Waals surface area contributed by atoms with Crippen LogP contribution in [0.2, 0.25) is 0 Å². The van der Waals surface area contributed by atoms with Crippen molar-refractivity contribution in [2.45, 2.75) is 25.7 Å². The molecule has 0 unspecified atom stereocenters. The standard InChI is InChI=1S/C37H31NO/c39-27-29-17-22-35(23-18-29)38(36-24-19-30-9-7-8-14-33(30)26-36)34-20-15-28(16-21-34)25-37(31-10-3-1-4-11-31)32-12-5-2-6-13-32/h1-6,10-13,15-27H,7-9,14H2. The Kier molecular flexibility index (Phi) is 7.18. The van der Waals surface area contributed by atoms with Gasteiger partial charge in [0, 0.05) is 22.6 Å². The molecule has 190 valence electrons. The third-order valence-corrected chi connectivity index (χ3v) is 7.51. The summed E-state index contributed by atoms with van der Waals surface area (Å²) in [6.45, 7) is 0. The molecule has 0 saturated heterocycles. The van der Waals surface area contributed by atoms with Crippen molar-refractivity contribution in [2.24, 2.45) is 0 Å². The third kappa shape index (κ3) is 5.46. The predicted octanol–water partition coefficient (Wildman–Crippen LogP) is 9.44. The number of anilines is 3. The van der Waals surface area contributed by atoms with Crippen LogP contribution in [0, 0.1) is 0 Å². The van der Waals surface area contributed by atoms with Crippen molar-refractivity contribution < 1.29 is 4.79 Å². The van der Waals surface area contributed by atoms with Gasteiger partial charge >= 0.3 is 0 Å². The lowest BCUT2D eigenvalue weighted by Crippen LogP contribution is -2.12. The molecule has 2 nitrogen and oxygen atoms in total. The number of hydrogen-bond donors (Lipinski definition) is 0. The van der Waals surface area contributed by atoms with Crippen LogP contribution in [0.5, 0.6) is 0 Å². The topological polar surface area (TPSA) is 20.3 Å². The van der Waals surface area contributed by atoms with Gasteiger partial charge in [-0.2, -0.15) is 0 Å². The molecule has 0 amide bonds. The lowest BCUT2D eigenvalue weighted by molar-refractivity contribution is 0.112. The first kappa shape index (κ1) is 24.6. The first-order valence-corrected chi connectivity index (χ1v) is 13.7. The Labute approximate surface area is 230 Å². The minimum atomic E-state index is 0.680. The molecule has 5 aromatic rings. The van der Waals surface area contributed by atoms with Gasteiger partial charge in [0.15, 0.2) is 0 Å². The molecule has 0 radical (unpaired) electrons. The van der Waals surface area contributed by atoms with Crippen LogP contribution in [0.1, 0.15) is 51.0 Å². The number of carbonyl (C=O) groups is 1. The van der Waals surface area contributed by atoms with E-state index in [0.717, 1.165) is 41.8 Å². The summed E-state index contributed by atoms with van der Waals surface area (Å²) in [5, 5.41) is 0. The summed E-state index contributed by atoms with van der Waals surface area (Å²) >= 11 is 0. The van der Waals surface area contributed by atoms with Gasteiger partial charge in [-0.1, -0.05) is 78.9 Å². The van der Waals surface area contributed by atoms with Crippen LogP contribution in [0.4, 0.5) is 17.1 Å². The predicted molar refractivity (Wildman–Crippen MR) is 163 cm³/mol. The van der Waals surface area contributed by atoms with Gasteiger partial charge in [0.1, 0.15) is 6.29 Å². The smallest absolute Gasteiger partial charge is 0.150 e. The molecule has 0 N–H and O–H groups in total. The van der Waals surface area contributed by atoms with Crippen molar-refractivity contribution in [2.75, 3.05) is 4.90 Å². The first-order valence-electron chi connectivity index (χ1n) is 13.7. The summed E-state index contributed by atoms with van der Waals surface area (Å²) < 4.78 is 0. The van der Waals surface area contributed by atoms with E-state index in [4.69, 9.17) is 0 Å².